The summed E-state index contributed by atoms with van der Waals surface area (Å²) in [4.78, 5) is 11.9. The molecule has 0 atom stereocenters. The van der Waals surface area contributed by atoms with Crippen LogP contribution in [0, 0.1) is 17.4 Å². The molecule has 3 nitrogen and oxygen atoms in total. The van der Waals surface area contributed by atoms with E-state index in [0.717, 1.165) is 5.56 Å². The smallest absolute Gasteiger partial charge is 0.166 e. The number of phenolic OH excluding ortho intramolecular Hbond substituents is 1. The summed E-state index contributed by atoms with van der Waals surface area (Å²) >= 11 is 0. The van der Waals surface area contributed by atoms with Crippen LogP contribution in [0.5, 0.6) is 5.75 Å². The van der Waals surface area contributed by atoms with Crippen LogP contribution >= 0.6 is 0 Å². The Morgan fingerprint density at radius 1 is 1.37 bits per heavy atom. The molecular formula is C16H12NO2. The molecule has 0 aromatic heterocycles. The molecule has 0 spiro atoms. The third-order valence-corrected chi connectivity index (χ3v) is 2.84. The van der Waals surface area contributed by atoms with Crippen molar-refractivity contribution in [1.82, 2.24) is 0 Å². The number of nitriles is 1. The maximum Gasteiger partial charge on any atom is 0.166 e. The number of Topliss-reactive ketones (excluding diaryl/α,β-unsaturated/α-hetero) is 1. The van der Waals surface area contributed by atoms with E-state index in [9.17, 15) is 9.90 Å². The fourth-order valence-corrected chi connectivity index (χ4v) is 1.83. The van der Waals surface area contributed by atoms with Crippen molar-refractivity contribution in [2.75, 3.05) is 0 Å². The van der Waals surface area contributed by atoms with E-state index < -0.39 is 0 Å². The van der Waals surface area contributed by atoms with E-state index in [1.54, 1.807) is 24.3 Å². The molecule has 2 rings (SSSR count). The van der Waals surface area contributed by atoms with Gasteiger partial charge in [0.25, 0.3) is 0 Å². The lowest BCUT2D eigenvalue weighted by Gasteiger charge is -2.04. The van der Waals surface area contributed by atoms with Crippen LogP contribution in [0.4, 0.5) is 0 Å². The molecule has 19 heavy (non-hydrogen) atoms. The van der Waals surface area contributed by atoms with Crippen LogP contribution < -0.4 is 0 Å². The number of hydrogen-bond acceptors (Lipinski definition) is 3. The minimum Gasteiger partial charge on any atom is -0.507 e. The van der Waals surface area contributed by atoms with Gasteiger partial charge in [0.15, 0.2) is 5.78 Å². The second-order valence-electron chi connectivity index (χ2n) is 4.18. The minimum atomic E-state index is -0.128. The average molecular weight is 250 g/mol. The number of carbonyl (C=O) groups is 1. The first kappa shape index (κ1) is 12.8. The third kappa shape index (κ3) is 3.20. The predicted octanol–water partition coefficient (Wildman–Crippen LogP) is 2.88. The number of phenols is 1. The van der Waals surface area contributed by atoms with Gasteiger partial charge in [0, 0.05) is 6.42 Å². The molecule has 3 heteroatoms. The van der Waals surface area contributed by atoms with Gasteiger partial charge in [0.05, 0.1) is 17.2 Å². The molecule has 0 heterocycles. The van der Waals surface area contributed by atoms with Gasteiger partial charge in [0.2, 0.25) is 0 Å². The van der Waals surface area contributed by atoms with E-state index in [2.05, 4.69) is 12.1 Å². The van der Waals surface area contributed by atoms with Crippen LogP contribution in [0.3, 0.4) is 0 Å². The van der Waals surface area contributed by atoms with Gasteiger partial charge in [-0.1, -0.05) is 18.2 Å². The zero-order chi connectivity index (χ0) is 13.7. The fourth-order valence-electron chi connectivity index (χ4n) is 1.83. The highest BCUT2D eigenvalue weighted by atomic mass is 16.3. The molecule has 0 aliphatic heterocycles. The normalized spacial score (nSPS) is 9.84. The van der Waals surface area contributed by atoms with Gasteiger partial charge >= 0.3 is 0 Å². The van der Waals surface area contributed by atoms with Crippen LogP contribution in [0.1, 0.15) is 27.9 Å². The van der Waals surface area contributed by atoms with E-state index in [0.29, 0.717) is 24.0 Å². The zero-order valence-corrected chi connectivity index (χ0v) is 10.3. The molecular weight excluding hydrogens is 238 g/mol. The first-order valence-corrected chi connectivity index (χ1v) is 5.92. The van der Waals surface area contributed by atoms with E-state index in [-0.39, 0.29) is 11.5 Å². The van der Waals surface area contributed by atoms with E-state index in [1.807, 2.05) is 6.07 Å². The first-order chi connectivity index (χ1) is 9.20. The Kier molecular flexibility index (Phi) is 3.94. The second kappa shape index (κ2) is 5.83. The molecule has 1 radical (unpaired) electrons. The Labute approximate surface area is 111 Å². The maximum atomic E-state index is 11.9. The van der Waals surface area contributed by atoms with Gasteiger partial charge < -0.3 is 5.11 Å². The van der Waals surface area contributed by atoms with Crippen molar-refractivity contribution in [3.63, 3.8) is 0 Å². The summed E-state index contributed by atoms with van der Waals surface area (Å²) in [5.41, 5.74) is 1.81. The zero-order valence-electron chi connectivity index (χ0n) is 10.3. The van der Waals surface area contributed by atoms with Crippen LogP contribution in [-0.2, 0) is 6.42 Å². The number of nitrogens with zero attached hydrogens (tertiary/aromatic N) is 1. The van der Waals surface area contributed by atoms with Crippen molar-refractivity contribution in [1.29, 1.82) is 5.26 Å². The molecule has 2 aromatic carbocycles. The van der Waals surface area contributed by atoms with Crippen LogP contribution in [0.15, 0.2) is 42.5 Å². The number of rotatable bonds is 4. The molecule has 0 amide bonds. The molecule has 2 aromatic rings. The van der Waals surface area contributed by atoms with Gasteiger partial charge in [-0.2, -0.15) is 5.26 Å². The molecule has 93 valence electrons. The summed E-state index contributed by atoms with van der Waals surface area (Å²) in [6.07, 6.45) is 0.836. The second-order valence-corrected chi connectivity index (χ2v) is 4.18. The monoisotopic (exact) mass is 250 g/mol. The number of hydrogen-bond donors (Lipinski definition) is 1. The summed E-state index contributed by atoms with van der Waals surface area (Å²) in [7, 11) is 0. The molecule has 1 N–H and O–H groups in total. The highest BCUT2D eigenvalue weighted by Crippen LogP contribution is 2.18. The lowest BCUT2D eigenvalue weighted by atomic mass is 10.0. The van der Waals surface area contributed by atoms with Gasteiger partial charge in [-0.05, 0) is 42.3 Å². The summed E-state index contributed by atoms with van der Waals surface area (Å²) < 4.78 is 0. The molecule has 0 saturated heterocycles. The molecule has 0 bridgehead atoms. The average Bonchev–Trinajstić information content (AvgIpc) is 2.45. The van der Waals surface area contributed by atoms with Crippen molar-refractivity contribution in [3.8, 4) is 11.8 Å². The summed E-state index contributed by atoms with van der Waals surface area (Å²) in [5, 5.41) is 18.4. The lowest BCUT2D eigenvalue weighted by molar-refractivity contribution is 0.0980. The fraction of sp³-hybridized carbons (Fsp3) is 0.125. The van der Waals surface area contributed by atoms with E-state index in [4.69, 9.17) is 5.26 Å². The Balaban J connectivity index is 2.05. The summed E-state index contributed by atoms with van der Waals surface area (Å²) in [6, 6.07) is 16.5. The topological polar surface area (TPSA) is 61.1 Å². The van der Waals surface area contributed by atoms with E-state index >= 15 is 0 Å². The Morgan fingerprint density at radius 2 is 2.21 bits per heavy atom. The first-order valence-electron chi connectivity index (χ1n) is 5.92. The van der Waals surface area contributed by atoms with Crippen molar-refractivity contribution in [3.05, 3.63) is 65.2 Å². The van der Waals surface area contributed by atoms with Gasteiger partial charge in [-0.25, -0.2) is 0 Å². The summed E-state index contributed by atoms with van der Waals surface area (Å²) in [6.45, 7) is 0. The molecule has 0 unspecified atom stereocenters. The largest absolute Gasteiger partial charge is 0.507 e. The third-order valence-electron chi connectivity index (χ3n) is 2.84. The standard InChI is InChI=1S/C16H12NO2/c17-11-13-5-3-4-12(10-13)8-9-16(19)14-6-1-2-7-15(14)18/h2-7,10,18H,8-9H2. The molecule has 0 fully saturated rings. The predicted molar refractivity (Wildman–Crippen MR) is 70.8 cm³/mol. The number of ketones is 1. The van der Waals surface area contributed by atoms with Crippen LogP contribution in [0.25, 0.3) is 0 Å². The molecule has 0 aliphatic carbocycles. The maximum absolute atomic E-state index is 11.9. The van der Waals surface area contributed by atoms with E-state index in [1.165, 1.54) is 12.1 Å². The van der Waals surface area contributed by atoms with Gasteiger partial charge in [0.1, 0.15) is 5.75 Å². The van der Waals surface area contributed by atoms with Crippen molar-refractivity contribution in [2.24, 2.45) is 0 Å². The highest BCUT2D eigenvalue weighted by molar-refractivity contribution is 5.98. The van der Waals surface area contributed by atoms with Crippen molar-refractivity contribution in [2.45, 2.75) is 12.8 Å². The Bertz CT molecular complexity index is 641. The molecule has 0 aliphatic rings. The SMILES string of the molecule is N#Cc1cccc(CCC(=O)c2c[c]ccc2O)c1. The number of aryl methyl sites for hydroxylation is 1. The van der Waals surface area contributed by atoms with Gasteiger partial charge in [-0.3, -0.25) is 4.79 Å². The number of aromatic hydroxyl groups is 1. The highest BCUT2D eigenvalue weighted by Gasteiger charge is 2.10. The molecule has 0 saturated carbocycles. The Morgan fingerprint density at radius 3 is 2.95 bits per heavy atom. The quantitative estimate of drug-likeness (QED) is 0.849. The lowest BCUT2D eigenvalue weighted by Crippen LogP contribution is -2.01. The Hall–Kier alpha value is -2.60. The number of carbonyl (C=O) groups excluding carboxylic acids is 1. The number of benzene rings is 2. The van der Waals surface area contributed by atoms with Crippen LogP contribution in [-0.4, -0.2) is 10.9 Å². The minimum absolute atomic E-state index is 0.0190. The van der Waals surface area contributed by atoms with Crippen molar-refractivity contribution >= 4 is 5.78 Å². The summed E-state index contributed by atoms with van der Waals surface area (Å²) in [5.74, 6) is -0.147. The van der Waals surface area contributed by atoms with Crippen LogP contribution in [0.2, 0.25) is 0 Å². The van der Waals surface area contributed by atoms with Crippen molar-refractivity contribution < 1.29 is 9.90 Å². The van der Waals surface area contributed by atoms with Gasteiger partial charge in [-0.15, -0.1) is 0 Å².